The molecule has 2 fully saturated rings. The summed E-state index contributed by atoms with van der Waals surface area (Å²) < 4.78 is 19.9. The molecule has 1 saturated heterocycles. The largest absolute Gasteiger partial charge is 0.473 e. The van der Waals surface area contributed by atoms with E-state index in [2.05, 4.69) is 27.5 Å². The Hall–Kier alpha value is -3.64. The summed E-state index contributed by atoms with van der Waals surface area (Å²) in [6.07, 6.45) is 8.39. The number of nitrogens with zero attached hydrogens (tertiary/aromatic N) is 6. The van der Waals surface area contributed by atoms with Crippen LogP contribution in [0.5, 0.6) is 5.88 Å². The highest BCUT2D eigenvalue weighted by molar-refractivity contribution is 5.91. The number of likely N-dealkylation sites (tertiary alicyclic amines) is 1. The average molecular weight is 606 g/mol. The van der Waals surface area contributed by atoms with Crippen LogP contribution < -0.4 is 10.1 Å². The second-order valence-electron chi connectivity index (χ2n) is 12.8. The number of fused-ring (bicyclic) bond motifs is 2. The fourth-order valence-corrected chi connectivity index (χ4v) is 7.31. The predicted octanol–water partition coefficient (Wildman–Crippen LogP) is 3.59. The molecule has 1 amide bonds. The van der Waals surface area contributed by atoms with E-state index < -0.39 is 5.41 Å². The molecule has 12 heteroatoms. The van der Waals surface area contributed by atoms with Crippen LogP contribution in [0.4, 0.5) is 0 Å². The second kappa shape index (κ2) is 12.4. The quantitative estimate of drug-likeness (QED) is 0.385. The zero-order chi connectivity index (χ0) is 31.0. The highest BCUT2D eigenvalue weighted by atomic mass is 16.5. The van der Waals surface area contributed by atoms with Gasteiger partial charge in [0.05, 0.1) is 29.7 Å². The van der Waals surface area contributed by atoms with E-state index in [9.17, 15) is 9.59 Å². The minimum Gasteiger partial charge on any atom is -0.473 e. The summed E-state index contributed by atoms with van der Waals surface area (Å²) in [5.41, 5.74) is 1.70. The molecule has 4 heterocycles. The van der Waals surface area contributed by atoms with Crippen molar-refractivity contribution < 1.29 is 23.6 Å². The van der Waals surface area contributed by atoms with Gasteiger partial charge in [0.15, 0.2) is 5.82 Å². The van der Waals surface area contributed by atoms with Crippen LogP contribution in [0.1, 0.15) is 82.7 Å². The number of aromatic nitrogens is 5. The number of carbonyl (C=O) groups is 2. The molecule has 3 aromatic heterocycles. The Kier molecular flexibility index (Phi) is 8.56. The SMILES string of the molecule is CO[C@H]1CCN(C)[C@@H]1[C@H](C)Oc1cc(-n2ccc(CC(=O)NC(C)C)n2)nc(-c2onc3c2CCC[C@@]32CCCCC2=O)n1. The van der Waals surface area contributed by atoms with Crippen LogP contribution in [0.15, 0.2) is 22.9 Å². The summed E-state index contributed by atoms with van der Waals surface area (Å²) in [5, 5.41) is 12.0. The van der Waals surface area contributed by atoms with Crippen molar-refractivity contribution in [1.29, 1.82) is 0 Å². The fourth-order valence-electron chi connectivity index (χ4n) is 7.31. The highest BCUT2D eigenvalue weighted by Crippen LogP contribution is 2.47. The molecule has 1 aliphatic heterocycles. The van der Waals surface area contributed by atoms with E-state index in [1.165, 1.54) is 0 Å². The van der Waals surface area contributed by atoms with Crippen LogP contribution >= 0.6 is 0 Å². The van der Waals surface area contributed by atoms with Gasteiger partial charge < -0.3 is 19.3 Å². The maximum atomic E-state index is 13.2. The van der Waals surface area contributed by atoms with Gasteiger partial charge in [0, 0.05) is 43.9 Å². The first-order valence-corrected chi connectivity index (χ1v) is 15.8. The molecule has 1 spiro atoms. The Morgan fingerprint density at radius 2 is 2.00 bits per heavy atom. The lowest BCUT2D eigenvalue weighted by atomic mass is 9.64. The zero-order valence-corrected chi connectivity index (χ0v) is 26.3. The Bertz CT molecular complexity index is 1520. The topological polar surface area (TPSA) is 138 Å². The van der Waals surface area contributed by atoms with Crippen molar-refractivity contribution in [2.75, 3.05) is 20.7 Å². The van der Waals surface area contributed by atoms with Crippen LogP contribution in [-0.4, -0.2) is 86.5 Å². The van der Waals surface area contributed by atoms with Gasteiger partial charge in [-0.25, -0.2) is 9.67 Å². The van der Waals surface area contributed by atoms with E-state index in [1.807, 2.05) is 20.8 Å². The summed E-state index contributed by atoms with van der Waals surface area (Å²) in [6, 6.07) is 3.64. The predicted molar refractivity (Wildman–Crippen MR) is 162 cm³/mol. The number of ketones is 1. The zero-order valence-electron chi connectivity index (χ0n) is 26.3. The van der Waals surface area contributed by atoms with Gasteiger partial charge >= 0.3 is 0 Å². The molecule has 3 aromatic rings. The van der Waals surface area contributed by atoms with Crippen LogP contribution in [0.3, 0.4) is 0 Å². The number of likely N-dealkylation sites (N-methyl/N-ethyl adjacent to an activating group) is 1. The van der Waals surface area contributed by atoms with Gasteiger partial charge in [-0.05, 0) is 72.4 Å². The van der Waals surface area contributed by atoms with Crippen LogP contribution in [-0.2, 0) is 32.6 Å². The number of rotatable bonds is 9. The van der Waals surface area contributed by atoms with Gasteiger partial charge in [-0.2, -0.15) is 10.1 Å². The molecule has 1 N–H and O–H groups in total. The third-order valence-corrected chi connectivity index (χ3v) is 9.37. The molecule has 0 radical (unpaired) electrons. The molecule has 0 bridgehead atoms. The van der Waals surface area contributed by atoms with Gasteiger partial charge in [0.1, 0.15) is 17.6 Å². The normalized spacial score (nSPS) is 24.5. The first kappa shape index (κ1) is 30.4. The standard InChI is InChI=1S/C32H43N7O5/c1-19(2)33-26(41)17-21-11-16-39(36-21)25-18-27(43-20(3)28-23(42-5)12-15-38(28)4)35-31(34-25)29-22-9-8-14-32(30(22)37-44-29)13-7-6-10-24(32)40/h11,16,18-20,23,28H,6-10,12-15,17H2,1-5H3,(H,33,41)/t20-,23-,28+,32+/m0/s1. The summed E-state index contributed by atoms with van der Waals surface area (Å²) in [4.78, 5) is 37.6. The minimum atomic E-state index is -0.575. The maximum absolute atomic E-state index is 13.2. The van der Waals surface area contributed by atoms with Gasteiger partial charge in [0.2, 0.25) is 23.4 Å². The van der Waals surface area contributed by atoms with E-state index in [0.29, 0.717) is 35.4 Å². The lowest BCUT2D eigenvalue weighted by Gasteiger charge is -2.37. The van der Waals surface area contributed by atoms with Crippen LogP contribution in [0.25, 0.3) is 17.4 Å². The number of nitrogens with one attached hydrogen (secondary N) is 1. The number of carbonyl (C=O) groups excluding carboxylic acids is 2. The Morgan fingerprint density at radius 1 is 1.18 bits per heavy atom. The number of amides is 1. The smallest absolute Gasteiger partial charge is 0.226 e. The summed E-state index contributed by atoms with van der Waals surface area (Å²) in [5.74, 6) is 1.80. The third-order valence-electron chi connectivity index (χ3n) is 9.37. The van der Waals surface area contributed by atoms with Crippen molar-refractivity contribution in [3.63, 3.8) is 0 Å². The van der Waals surface area contributed by atoms with Crippen molar-refractivity contribution in [1.82, 2.24) is 35.1 Å². The Morgan fingerprint density at radius 3 is 2.77 bits per heavy atom. The lowest BCUT2D eigenvalue weighted by molar-refractivity contribution is -0.127. The second-order valence-corrected chi connectivity index (χ2v) is 12.8. The van der Waals surface area contributed by atoms with E-state index in [1.54, 1.807) is 30.1 Å². The first-order valence-electron chi connectivity index (χ1n) is 15.8. The molecular weight excluding hydrogens is 562 g/mol. The minimum absolute atomic E-state index is 0.0446. The number of hydrogen-bond acceptors (Lipinski definition) is 10. The molecule has 2 aliphatic carbocycles. The summed E-state index contributed by atoms with van der Waals surface area (Å²) in [7, 11) is 3.81. The molecule has 1 saturated carbocycles. The van der Waals surface area contributed by atoms with E-state index in [4.69, 9.17) is 24.0 Å². The monoisotopic (exact) mass is 605 g/mol. The van der Waals surface area contributed by atoms with Gasteiger partial charge in [0.25, 0.3) is 0 Å². The molecule has 236 valence electrons. The van der Waals surface area contributed by atoms with Crippen LogP contribution in [0.2, 0.25) is 0 Å². The van der Waals surface area contributed by atoms with Crippen molar-refractivity contribution >= 4 is 11.7 Å². The molecule has 0 aromatic carbocycles. The van der Waals surface area contributed by atoms with Crippen molar-refractivity contribution in [3.05, 3.63) is 35.3 Å². The number of methoxy groups -OCH3 is 1. The third kappa shape index (κ3) is 5.77. The van der Waals surface area contributed by atoms with Crippen molar-refractivity contribution in [2.45, 2.75) is 108 Å². The van der Waals surface area contributed by atoms with E-state index in [0.717, 1.165) is 62.7 Å². The van der Waals surface area contributed by atoms with Crippen molar-refractivity contribution in [3.8, 4) is 23.3 Å². The van der Waals surface area contributed by atoms with E-state index in [-0.39, 0.29) is 42.4 Å². The average Bonchev–Trinajstić information content (AvgIpc) is 3.73. The molecule has 4 atom stereocenters. The molecule has 0 unspecified atom stereocenters. The van der Waals surface area contributed by atoms with Gasteiger partial charge in [-0.1, -0.05) is 11.6 Å². The lowest BCUT2D eigenvalue weighted by Crippen LogP contribution is -2.44. The van der Waals surface area contributed by atoms with Crippen molar-refractivity contribution in [2.24, 2.45) is 0 Å². The fraction of sp³-hybridized carbons (Fsp3) is 0.625. The number of Topliss-reactive ketones (excluding diaryl/α,β-unsaturated/α-hetero) is 1. The summed E-state index contributed by atoms with van der Waals surface area (Å²) in [6.45, 7) is 6.79. The molecule has 6 rings (SSSR count). The van der Waals surface area contributed by atoms with Gasteiger partial charge in [-0.15, -0.1) is 0 Å². The van der Waals surface area contributed by atoms with E-state index >= 15 is 0 Å². The number of ether oxygens (including phenoxy) is 2. The Balaban J connectivity index is 1.37. The highest BCUT2D eigenvalue weighted by Gasteiger charge is 2.48. The first-order chi connectivity index (χ1) is 21.2. The molecule has 12 nitrogen and oxygen atoms in total. The Labute approximate surface area is 257 Å². The molecule has 3 aliphatic rings. The molecule has 44 heavy (non-hydrogen) atoms. The summed E-state index contributed by atoms with van der Waals surface area (Å²) >= 11 is 0. The van der Waals surface area contributed by atoms with Gasteiger partial charge in [-0.3, -0.25) is 14.5 Å². The molecular formula is C32H43N7O5. The number of hydrogen-bond donors (Lipinski definition) is 1. The van der Waals surface area contributed by atoms with Crippen LogP contribution in [0, 0.1) is 0 Å². The maximum Gasteiger partial charge on any atom is 0.226 e.